The fourth-order valence-corrected chi connectivity index (χ4v) is 4.89. The largest absolute Gasteiger partial charge is 0.449 e. The topological polar surface area (TPSA) is 113 Å². The van der Waals surface area contributed by atoms with E-state index in [1.54, 1.807) is 29.2 Å². The molecule has 2 aliphatic heterocycles. The van der Waals surface area contributed by atoms with Crippen LogP contribution in [0.15, 0.2) is 83.9 Å². The number of nitrogens with two attached hydrogens (primary N) is 1. The van der Waals surface area contributed by atoms with Crippen LogP contribution >= 0.6 is 0 Å². The second-order valence-electron chi connectivity index (χ2n) is 10.6. The molecule has 0 bridgehead atoms. The molecule has 220 valence electrons. The number of urea groups is 1. The number of likely N-dealkylation sites (N-methyl/N-ethyl adjacent to an activating group) is 1. The molecule has 0 spiro atoms. The molecule has 10 nitrogen and oxygen atoms in total. The highest BCUT2D eigenvalue weighted by Crippen LogP contribution is 2.19. The van der Waals surface area contributed by atoms with Crippen LogP contribution in [0.25, 0.3) is 0 Å². The number of nitrogens with zero attached hydrogens (tertiary/aromatic N) is 4. The van der Waals surface area contributed by atoms with E-state index in [1.165, 1.54) is 0 Å². The quantitative estimate of drug-likeness (QED) is 0.377. The average Bonchev–Trinajstić information content (AvgIpc) is 3.44. The second-order valence-corrected chi connectivity index (χ2v) is 10.6. The number of nitrogen functional groups attached to an aromatic ring is 1. The molecule has 0 aliphatic carbocycles. The van der Waals surface area contributed by atoms with Crippen molar-refractivity contribution >= 4 is 29.2 Å². The highest BCUT2D eigenvalue weighted by Gasteiger charge is 2.25. The average molecular weight is 571 g/mol. The van der Waals surface area contributed by atoms with Gasteiger partial charge in [-0.25, -0.2) is 4.79 Å². The monoisotopic (exact) mass is 570 g/mol. The van der Waals surface area contributed by atoms with Gasteiger partial charge in [0.05, 0.1) is 11.4 Å². The summed E-state index contributed by atoms with van der Waals surface area (Å²) in [6.45, 7) is 5.70. The summed E-state index contributed by atoms with van der Waals surface area (Å²) in [6.07, 6.45) is 0.112. The van der Waals surface area contributed by atoms with E-state index in [-0.39, 0.29) is 24.4 Å². The molecule has 1 atom stereocenters. The number of hydrogen-bond donors (Lipinski definition) is 2. The number of aliphatic imine (C=N–C) groups is 1. The van der Waals surface area contributed by atoms with Gasteiger partial charge in [0, 0.05) is 57.8 Å². The molecule has 2 heterocycles. The zero-order chi connectivity index (χ0) is 29.3. The number of anilines is 2. The molecule has 5 rings (SSSR count). The third kappa shape index (κ3) is 8.16. The van der Waals surface area contributed by atoms with Crippen molar-refractivity contribution in [2.75, 3.05) is 64.0 Å². The van der Waals surface area contributed by atoms with E-state index in [1.807, 2.05) is 54.6 Å². The molecule has 42 heavy (non-hydrogen) atoms. The molecule has 2 fully saturated rings. The van der Waals surface area contributed by atoms with Gasteiger partial charge in [-0.2, -0.15) is 4.99 Å². The maximum Gasteiger partial charge on any atom is 0.346 e. The Labute approximate surface area is 246 Å². The Bertz CT molecular complexity index is 1370. The SMILES string of the molecule is CN1CCN(CCN(Cc2ccc(C(=O)Nc3ccccc3N)cc2)C(=O)N=C2COC(Cc3ccccc3)O2)CC1. The Morgan fingerprint density at radius 2 is 1.67 bits per heavy atom. The molecular formula is C32H38N6O4. The number of benzene rings is 3. The predicted molar refractivity (Wildman–Crippen MR) is 163 cm³/mol. The van der Waals surface area contributed by atoms with Gasteiger partial charge in [-0.1, -0.05) is 54.6 Å². The van der Waals surface area contributed by atoms with E-state index in [2.05, 4.69) is 27.2 Å². The molecule has 2 aliphatic rings. The van der Waals surface area contributed by atoms with Gasteiger partial charge in [-0.15, -0.1) is 0 Å². The van der Waals surface area contributed by atoms with Crippen LogP contribution in [0.3, 0.4) is 0 Å². The molecule has 2 saturated heterocycles. The van der Waals surface area contributed by atoms with Crippen molar-refractivity contribution in [2.24, 2.45) is 4.99 Å². The molecule has 3 aromatic carbocycles. The minimum atomic E-state index is -0.470. The van der Waals surface area contributed by atoms with Crippen LogP contribution < -0.4 is 11.1 Å². The summed E-state index contributed by atoms with van der Waals surface area (Å²) < 4.78 is 11.6. The standard InChI is InChI=1S/C32H38N6O4/c1-36-15-17-37(18-16-36)19-20-38(32(40)35-29-23-41-30(42-29)21-24-7-3-2-4-8-24)22-25-11-13-26(14-12-25)31(39)34-28-10-6-5-9-27(28)33/h2-14,30H,15-23,33H2,1H3,(H,34,39). The number of ether oxygens (including phenoxy) is 2. The Hall–Kier alpha value is -4.25. The highest BCUT2D eigenvalue weighted by molar-refractivity contribution is 6.05. The zero-order valence-corrected chi connectivity index (χ0v) is 23.9. The van der Waals surface area contributed by atoms with E-state index in [0.717, 1.165) is 43.9 Å². The zero-order valence-electron chi connectivity index (χ0n) is 23.9. The van der Waals surface area contributed by atoms with Crippen molar-refractivity contribution in [3.63, 3.8) is 0 Å². The van der Waals surface area contributed by atoms with Gasteiger partial charge in [-0.3, -0.25) is 9.69 Å². The smallest absolute Gasteiger partial charge is 0.346 e. The third-order valence-corrected chi connectivity index (χ3v) is 7.48. The van der Waals surface area contributed by atoms with Gasteiger partial charge in [0.2, 0.25) is 12.2 Å². The highest BCUT2D eigenvalue weighted by atomic mass is 16.7. The van der Waals surface area contributed by atoms with E-state index in [4.69, 9.17) is 15.2 Å². The molecule has 0 saturated carbocycles. The van der Waals surface area contributed by atoms with Gasteiger partial charge < -0.3 is 30.3 Å². The van der Waals surface area contributed by atoms with E-state index < -0.39 is 6.29 Å². The van der Waals surface area contributed by atoms with E-state index in [9.17, 15) is 9.59 Å². The molecule has 0 radical (unpaired) electrons. The number of carbonyl (C=O) groups is 2. The van der Waals surface area contributed by atoms with Crippen molar-refractivity contribution in [3.05, 3.63) is 95.6 Å². The first-order chi connectivity index (χ1) is 20.4. The minimum Gasteiger partial charge on any atom is -0.449 e. The Morgan fingerprint density at radius 3 is 2.40 bits per heavy atom. The number of nitrogens with one attached hydrogen (secondary N) is 1. The molecule has 1 unspecified atom stereocenters. The molecular weight excluding hydrogens is 532 g/mol. The van der Waals surface area contributed by atoms with Crippen LogP contribution in [-0.2, 0) is 22.4 Å². The van der Waals surface area contributed by atoms with Crippen LogP contribution in [0, 0.1) is 0 Å². The summed E-state index contributed by atoms with van der Waals surface area (Å²) in [6, 6.07) is 23.9. The number of carbonyl (C=O) groups excluding carboxylic acids is 2. The Kier molecular flexibility index (Phi) is 9.81. The van der Waals surface area contributed by atoms with Gasteiger partial charge in [-0.05, 0) is 42.4 Å². The molecule has 3 amide bonds. The maximum atomic E-state index is 13.4. The third-order valence-electron chi connectivity index (χ3n) is 7.48. The lowest BCUT2D eigenvalue weighted by molar-refractivity contribution is -0.0209. The summed E-state index contributed by atoms with van der Waals surface area (Å²) in [5.41, 5.74) is 9.51. The Morgan fingerprint density at radius 1 is 0.952 bits per heavy atom. The van der Waals surface area contributed by atoms with Crippen molar-refractivity contribution in [2.45, 2.75) is 19.3 Å². The van der Waals surface area contributed by atoms with Crippen molar-refractivity contribution in [1.82, 2.24) is 14.7 Å². The fraction of sp³-hybridized carbons (Fsp3) is 0.344. The summed E-state index contributed by atoms with van der Waals surface area (Å²) in [5, 5.41) is 2.84. The molecule has 10 heteroatoms. The first kappa shape index (κ1) is 29.2. The van der Waals surface area contributed by atoms with Crippen molar-refractivity contribution in [3.8, 4) is 0 Å². The maximum absolute atomic E-state index is 13.4. The first-order valence-corrected chi connectivity index (χ1v) is 14.3. The van der Waals surface area contributed by atoms with Crippen LogP contribution in [0.4, 0.5) is 16.2 Å². The van der Waals surface area contributed by atoms with Gasteiger partial charge in [0.25, 0.3) is 5.91 Å². The Balaban J connectivity index is 1.23. The minimum absolute atomic E-state index is 0.158. The van der Waals surface area contributed by atoms with E-state index in [0.29, 0.717) is 36.4 Å². The van der Waals surface area contributed by atoms with Gasteiger partial charge in [0.1, 0.15) is 6.61 Å². The predicted octanol–water partition coefficient (Wildman–Crippen LogP) is 3.70. The van der Waals surface area contributed by atoms with Crippen LogP contribution in [0.5, 0.6) is 0 Å². The normalized spacial score (nSPS) is 18.5. The van der Waals surface area contributed by atoms with Crippen molar-refractivity contribution in [1.29, 1.82) is 0 Å². The molecule has 3 N–H and O–H groups in total. The van der Waals surface area contributed by atoms with Gasteiger partial charge >= 0.3 is 6.03 Å². The summed E-state index contributed by atoms with van der Waals surface area (Å²) in [7, 11) is 2.12. The number of para-hydroxylation sites is 2. The van der Waals surface area contributed by atoms with Crippen LogP contribution in [-0.4, -0.2) is 91.7 Å². The van der Waals surface area contributed by atoms with Crippen LogP contribution in [0.1, 0.15) is 21.5 Å². The lowest BCUT2D eigenvalue weighted by Crippen LogP contribution is -2.47. The summed E-state index contributed by atoms with van der Waals surface area (Å²) >= 11 is 0. The van der Waals surface area contributed by atoms with Gasteiger partial charge in [0.15, 0.2) is 0 Å². The summed E-state index contributed by atoms with van der Waals surface area (Å²) in [4.78, 5) is 36.8. The molecule has 0 aromatic heterocycles. The lowest BCUT2D eigenvalue weighted by atomic mass is 10.1. The summed E-state index contributed by atoms with van der Waals surface area (Å²) in [5.74, 6) is 0.0371. The number of hydrogen-bond acceptors (Lipinski definition) is 7. The molecule has 3 aromatic rings. The second kappa shape index (κ2) is 14.1. The number of rotatable bonds is 9. The van der Waals surface area contributed by atoms with Crippen LogP contribution in [0.2, 0.25) is 0 Å². The fourth-order valence-electron chi connectivity index (χ4n) is 4.89. The van der Waals surface area contributed by atoms with Crippen molar-refractivity contribution < 1.29 is 19.1 Å². The number of amides is 3. The van der Waals surface area contributed by atoms with E-state index >= 15 is 0 Å². The first-order valence-electron chi connectivity index (χ1n) is 14.3. The lowest BCUT2D eigenvalue weighted by Gasteiger charge is -2.33. The number of piperazine rings is 1.